The highest BCUT2D eigenvalue weighted by Gasteiger charge is 2.25. The minimum atomic E-state index is -3.10. The van der Waals surface area contributed by atoms with Crippen molar-refractivity contribution in [1.29, 1.82) is 0 Å². The number of nitrogens with one attached hydrogen (secondary N) is 2. The lowest BCUT2D eigenvalue weighted by molar-refractivity contribution is 0.100. The second-order valence-electron chi connectivity index (χ2n) is 9.16. The summed E-state index contributed by atoms with van der Waals surface area (Å²) in [5, 5.41) is 14.7. The number of nitrogens with zero attached hydrogens (tertiary/aromatic N) is 4. The summed E-state index contributed by atoms with van der Waals surface area (Å²) in [5.74, 6) is -0.184. The number of carbonyl (C=O) groups is 2. The Morgan fingerprint density at radius 3 is 2.70 bits per heavy atom. The van der Waals surface area contributed by atoms with Gasteiger partial charge >= 0.3 is 6.09 Å². The summed E-state index contributed by atoms with van der Waals surface area (Å²) in [6.45, 7) is 6.80. The van der Waals surface area contributed by atoms with E-state index in [1.54, 1.807) is 18.2 Å². The van der Waals surface area contributed by atoms with Crippen molar-refractivity contribution >= 4 is 50.4 Å². The van der Waals surface area contributed by atoms with Gasteiger partial charge in [0.15, 0.2) is 9.84 Å². The summed E-state index contributed by atoms with van der Waals surface area (Å²) in [7, 11) is -3.10. The molecule has 1 fully saturated rings. The number of pyridine rings is 1. The Labute approximate surface area is 214 Å². The van der Waals surface area contributed by atoms with E-state index in [2.05, 4.69) is 32.2 Å². The average molecular weight is 528 g/mol. The number of nitrogens with two attached hydrogens (primary N) is 1. The van der Waals surface area contributed by atoms with E-state index in [9.17, 15) is 18.0 Å². The molecule has 2 aromatic rings. The number of sulfone groups is 1. The summed E-state index contributed by atoms with van der Waals surface area (Å²) in [4.78, 5) is 38.6. The number of carbonyl (C=O) groups excluding carboxylic acids is 1. The first kappa shape index (κ1) is 26.1. The molecule has 1 atom stereocenters. The molecule has 13 heteroatoms. The molecule has 1 saturated heterocycles. The van der Waals surface area contributed by atoms with Gasteiger partial charge in [0.2, 0.25) is 5.95 Å². The molecule has 4 rings (SSSR count). The van der Waals surface area contributed by atoms with Gasteiger partial charge in [0.25, 0.3) is 5.91 Å². The minimum Gasteiger partial charge on any atom is -0.465 e. The normalized spacial score (nSPS) is 19.0. The minimum absolute atomic E-state index is 0.0429. The maximum atomic E-state index is 12.1. The Hall–Kier alpha value is -4.00. The third kappa shape index (κ3) is 6.42. The Balaban J connectivity index is 1.68. The molecule has 196 valence electrons. The first-order chi connectivity index (χ1) is 17.5. The van der Waals surface area contributed by atoms with Crippen LogP contribution in [0.25, 0.3) is 11.1 Å². The topological polar surface area (TPSA) is 180 Å². The van der Waals surface area contributed by atoms with Crippen LogP contribution < -0.4 is 21.3 Å². The SMILES string of the molecule is C=C(C)c1cc(Nc2nc(N3CCC[C@H](NC(=O)O)C3)ncc2C(N)=O)cc(C2=CCS(=O)(=O)CC2)n1. The van der Waals surface area contributed by atoms with Gasteiger partial charge < -0.3 is 26.4 Å². The molecular weight excluding hydrogens is 498 g/mol. The van der Waals surface area contributed by atoms with Gasteiger partial charge in [-0.15, -0.1) is 0 Å². The van der Waals surface area contributed by atoms with E-state index < -0.39 is 21.8 Å². The standard InChI is InChI=1S/C24H29N7O5S/c1-14(2)19-10-17(11-20(29-19)15-5-8-37(35,36)9-6-15)27-22-18(21(25)32)12-26-23(30-22)31-7-3-4-16(13-31)28-24(33)34/h5,10-12,16,28H,1,3-4,6-9,13H2,2H3,(H2,25,32)(H,33,34)(H,26,27,29,30)/t16-/m0/s1. The van der Waals surface area contributed by atoms with Crippen LogP contribution in [0, 0.1) is 0 Å². The van der Waals surface area contributed by atoms with Gasteiger partial charge in [0.1, 0.15) is 11.4 Å². The lowest BCUT2D eigenvalue weighted by Crippen LogP contribution is -2.48. The molecule has 2 aliphatic heterocycles. The van der Waals surface area contributed by atoms with Crippen LogP contribution in [0.3, 0.4) is 0 Å². The molecule has 0 radical (unpaired) electrons. The maximum absolute atomic E-state index is 12.1. The third-order valence-electron chi connectivity index (χ3n) is 6.19. The fourth-order valence-corrected chi connectivity index (χ4v) is 5.44. The number of piperidine rings is 1. The van der Waals surface area contributed by atoms with Crippen LogP contribution in [0.2, 0.25) is 0 Å². The number of anilines is 3. The summed E-state index contributed by atoms with van der Waals surface area (Å²) < 4.78 is 23.7. The lowest BCUT2D eigenvalue weighted by atomic mass is 10.1. The van der Waals surface area contributed by atoms with Crippen LogP contribution in [-0.4, -0.2) is 71.1 Å². The molecule has 2 aromatic heterocycles. The van der Waals surface area contributed by atoms with Crippen molar-refractivity contribution in [2.45, 2.75) is 32.2 Å². The average Bonchev–Trinajstić information content (AvgIpc) is 2.83. The molecule has 4 heterocycles. The number of carboxylic acid groups (broad SMARTS) is 1. The third-order valence-corrected chi connectivity index (χ3v) is 7.69. The van der Waals surface area contributed by atoms with Crippen molar-refractivity contribution in [3.05, 3.63) is 47.9 Å². The molecule has 12 nitrogen and oxygen atoms in total. The quantitative estimate of drug-likeness (QED) is 0.417. The van der Waals surface area contributed by atoms with Crippen molar-refractivity contribution < 1.29 is 23.1 Å². The van der Waals surface area contributed by atoms with Crippen LogP contribution in [0.1, 0.15) is 47.9 Å². The molecule has 0 unspecified atom stereocenters. The van der Waals surface area contributed by atoms with E-state index in [-0.39, 0.29) is 28.9 Å². The first-order valence-electron chi connectivity index (χ1n) is 11.8. The summed E-state index contributed by atoms with van der Waals surface area (Å²) in [6.07, 6.45) is 3.72. The molecule has 0 saturated carbocycles. The smallest absolute Gasteiger partial charge is 0.404 e. The van der Waals surface area contributed by atoms with Gasteiger partial charge in [-0.3, -0.25) is 4.79 Å². The highest BCUT2D eigenvalue weighted by atomic mass is 32.2. The number of primary amides is 1. The van der Waals surface area contributed by atoms with Gasteiger partial charge in [0, 0.05) is 31.0 Å². The molecule has 37 heavy (non-hydrogen) atoms. The molecule has 2 amide bonds. The molecule has 0 aromatic carbocycles. The molecule has 2 aliphatic rings. The second-order valence-corrected chi connectivity index (χ2v) is 11.4. The Kier molecular flexibility index (Phi) is 7.43. The predicted octanol–water partition coefficient (Wildman–Crippen LogP) is 2.19. The van der Waals surface area contributed by atoms with E-state index in [0.29, 0.717) is 54.5 Å². The highest BCUT2D eigenvalue weighted by Crippen LogP contribution is 2.29. The van der Waals surface area contributed by atoms with E-state index >= 15 is 0 Å². The zero-order valence-corrected chi connectivity index (χ0v) is 21.2. The van der Waals surface area contributed by atoms with Gasteiger partial charge in [-0.2, -0.15) is 4.98 Å². The van der Waals surface area contributed by atoms with Gasteiger partial charge in [-0.25, -0.2) is 23.2 Å². The molecule has 0 aliphatic carbocycles. The summed E-state index contributed by atoms with van der Waals surface area (Å²) in [5.41, 5.74) is 8.95. The van der Waals surface area contributed by atoms with Crippen molar-refractivity contribution in [3.63, 3.8) is 0 Å². The molecule has 5 N–H and O–H groups in total. The van der Waals surface area contributed by atoms with Crippen LogP contribution in [0.5, 0.6) is 0 Å². The van der Waals surface area contributed by atoms with E-state index in [0.717, 1.165) is 12.0 Å². The van der Waals surface area contributed by atoms with Gasteiger partial charge in [0.05, 0.1) is 22.9 Å². The first-order valence-corrected chi connectivity index (χ1v) is 13.6. The Bertz CT molecular complexity index is 1390. The number of hydrogen-bond acceptors (Lipinski definition) is 9. The fourth-order valence-electron chi connectivity index (χ4n) is 4.29. The number of hydrogen-bond donors (Lipinski definition) is 4. The monoisotopic (exact) mass is 527 g/mol. The van der Waals surface area contributed by atoms with Crippen LogP contribution in [0.15, 0.2) is 31.0 Å². The molecule has 0 bridgehead atoms. The number of allylic oxidation sites excluding steroid dienone is 2. The van der Waals surface area contributed by atoms with Crippen LogP contribution in [0.4, 0.5) is 22.2 Å². The summed E-state index contributed by atoms with van der Waals surface area (Å²) in [6, 6.07) is 3.25. The maximum Gasteiger partial charge on any atom is 0.404 e. The largest absolute Gasteiger partial charge is 0.465 e. The summed E-state index contributed by atoms with van der Waals surface area (Å²) >= 11 is 0. The van der Waals surface area contributed by atoms with Crippen LogP contribution in [-0.2, 0) is 9.84 Å². The highest BCUT2D eigenvalue weighted by molar-refractivity contribution is 7.91. The molecule has 0 spiro atoms. The fraction of sp³-hybridized carbons (Fsp3) is 0.375. The van der Waals surface area contributed by atoms with E-state index in [1.807, 2.05) is 11.8 Å². The Morgan fingerprint density at radius 1 is 1.27 bits per heavy atom. The predicted molar refractivity (Wildman–Crippen MR) is 140 cm³/mol. The van der Waals surface area contributed by atoms with Crippen LogP contribution >= 0.6 is 0 Å². The lowest BCUT2D eigenvalue weighted by Gasteiger charge is -2.32. The van der Waals surface area contributed by atoms with Crippen molar-refractivity contribution in [2.24, 2.45) is 5.73 Å². The van der Waals surface area contributed by atoms with E-state index in [4.69, 9.17) is 10.8 Å². The van der Waals surface area contributed by atoms with Gasteiger partial charge in [-0.05, 0) is 49.5 Å². The second kappa shape index (κ2) is 10.5. The molecular formula is C24H29N7O5S. The zero-order valence-electron chi connectivity index (χ0n) is 20.4. The number of rotatable bonds is 7. The number of aromatic nitrogens is 3. The van der Waals surface area contributed by atoms with Crippen molar-refractivity contribution in [2.75, 3.05) is 34.8 Å². The van der Waals surface area contributed by atoms with Crippen molar-refractivity contribution in [3.8, 4) is 0 Å². The van der Waals surface area contributed by atoms with Crippen molar-refractivity contribution in [1.82, 2.24) is 20.3 Å². The van der Waals surface area contributed by atoms with Gasteiger partial charge in [-0.1, -0.05) is 12.7 Å². The Morgan fingerprint density at radius 2 is 2.05 bits per heavy atom. The zero-order chi connectivity index (χ0) is 26.7. The number of amides is 2. The van der Waals surface area contributed by atoms with E-state index in [1.165, 1.54) is 6.20 Å².